The average Bonchev–Trinajstić information content (AvgIpc) is 3.03. The van der Waals surface area contributed by atoms with Crippen LogP contribution in [0.2, 0.25) is 0 Å². The number of aliphatic hydroxyl groups is 1. The van der Waals surface area contributed by atoms with E-state index >= 15 is 0 Å². The van der Waals surface area contributed by atoms with Crippen LogP contribution in [0.15, 0.2) is 42.5 Å². The van der Waals surface area contributed by atoms with Gasteiger partial charge in [0.25, 0.3) is 0 Å². The number of aliphatic hydroxyl groups excluding tert-OH is 1. The highest BCUT2D eigenvalue weighted by atomic mass is 16.3. The van der Waals surface area contributed by atoms with Gasteiger partial charge in [0, 0.05) is 32.0 Å². The third-order valence-corrected chi connectivity index (χ3v) is 7.81. The number of amides is 4. The number of phenolic OH excluding ortho intramolecular Hbond substituents is 1. The molecular formula is C32H48N8O6. The van der Waals surface area contributed by atoms with Gasteiger partial charge in [0.2, 0.25) is 23.6 Å². The predicted molar refractivity (Wildman–Crippen MR) is 174 cm³/mol. The minimum atomic E-state index is -1.07. The number of fused-ring (bicyclic) bond motifs is 5. The second-order valence-corrected chi connectivity index (χ2v) is 11.7. The van der Waals surface area contributed by atoms with E-state index in [0.29, 0.717) is 37.9 Å². The van der Waals surface area contributed by atoms with Gasteiger partial charge in [-0.05, 0) is 79.6 Å². The predicted octanol–water partition coefficient (Wildman–Crippen LogP) is -1.76. The molecule has 0 fully saturated rings. The van der Waals surface area contributed by atoms with Gasteiger partial charge in [0.05, 0.1) is 18.2 Å². The molecule has 14 N–H and O–H groups in total. The van der Waals surface area contributed by atoms with Gasteiger partial charge in [-0.1, -0.05) is 30.3 Å². The Kier molecular flexibility index (Phi) is 14.4. The first-order valence-corrected chi connectivity index (χ1v) is 15.7. The van der Waals surface area contributed by atoms with E-state index in [-0.39, 0.29) is 44.5 Å². The Morgan fingerprint density at radius 3 is 2.39 bits per heavy atom. The van der Waals surface area contributed by atoms with Crippen LogP contribution in [0.1, 0.15) is 43.2 Å². The lowest BCUT2D eigenvalue weighted by Crippen LogP contribution is -2.54. The molecule has 2 aromatic carbocycles. The minimum Gasteiger partial charge on any atom is -0.508 e. The topological polar surface area (TPSA) is 261 Å². The van der Waals surface area contributed by atoms with Gasteiger partial charge in [-0.15, -0.1) is 0 Å². The minimum absolute atomic E-state index is 0.00885. The van der Waals surface area contributed by atoms with Crippen LogP contribution < -0.4 is 44.2 Å². The maximum atomic E-state index is 13.5. The lowest BCUT2D eigenvalue weighted by atomic mass is 9.95. The maximum Gasteiger partial charge on any atom is 0.242 e. The van der Waals surface area contributed by atoms with E-state index in [1.165, 1.54) is 0 Å². The van der Waals surface area contributed by atoms with Crippen LogP contribution in [0.5, 0.6) is 5.75 Å². The van der Waals surface area contributed by atoms with Crippen molar-refractivity contribution < 1.29 is 29.4 Å². The van der Waals surface area contributed by atoms with Gasteiger partial charge in [0.15, 0.2) is 0 Å². The molecule has 0 radical (unpaired) electrons. The van der Waals surface area contributed by atoms with Crippen LogP contribution in [0.4, 0.5) is 0 Å². The number of carbonyl (C=O) groups excluding carboxylic acids is 4. The Bertz CT molecular complexity index is 1340. The molecule has 1 aliphatic heterocycles. The van der Waals surface area contributed by atoms with Crippen molar-refractivity contribution in [1.82, 2.24) is 21.3 Å². The number of rotatable bonds is 13. The lowest BCUT2D eigenvalue weighted by Gasteiger charge is -2.25. The van der Waals surface area contributed by atoms with E-state index in [2.05, 4.69) is 21.3 Å². The summed E-state index contributed by atoms with van der Waals surface area (Å²) >= 11 is 0. The molecule has 1 heterocycles. The van der Waals surface area contributed by atoms with Crippen LogP contribution in [0, 0.1) is 0 Å². The van der Waals surface area contributed by atoms with Crippen LogP contribution in [0.3, 0.4) is 0 Å². The third kappa shape index (κ3) is 11.4. The molecule has 252 valence electrons. The summed E-state index contributed by atoms with van der Waals surface area (Å²) in [5, 5.41) is 31.6. The van der Waals surface area contributed by atoms with Gasteiger partial charge in [0.1, 0.15) is 11.8 Å². The Hall–Kier alpha value is -4.08. The first-order chi connectivity index (χ1) is 22.0. The summed E-state index contributed by atoms with van der Waals surface area (Å²) in [6.07, 6.45) is 0.873. The highest BCUT2D eigenvalue weighted by Gasteiger charge is 2.27. The molecule has 2 aromatic rings. The molecule has 0 saturated carbocycles. The molecule has 14 heteroatoms. The van der Waals surface area contributed by atoms with Gasteiger partial charge in [-0.2, -0.15) is 0 Å². The van der Waals surface area contributed by atoms with Gasteiger partial charge in [-0.25, -0.2) is 0 Å². The van der Waals surface area contributed by atoms with E-state index in [1.807, 2.05) is 24.3 Å². The van der Waals surface area contributed by atoms with Crippen LogP contribution >= 0.6 is 0 Å². The van der Waals surface area contributed by atoms with E-state index < -0.39 is 53.9 Å². The summed E-state index contributed by atoms with van der Waals surface area (Å²) in [6.45, 7) is 0.474. The van der Waals surface area contributed by atoms with E-state index in [4.69, 9.17) is 22.9 Å². The Balaban J connectivity index is 1.77. The van der Waals surface area contributed by atoms with Crippen molar-refractivity contribution in [2.75, 3.05) is 26.2 Å². The number of aromatic hydroxyl groups is 1. The van der Waals surface area contributed by atoms with Crippen LogP contribution in [-0.2, 0) is 32.0 Å². The Morgan fingerprint density at radius 2 is 1.65 bits per heavy atom. The zero-order chi connectivity index (χ0) is 33.6. The maximum absolute atomic E-state index is 13.5. The zero-order valence-corrected chi connectivity index (χ0v) is 26.0. The first kappa shape index (κ1) is 36.4. The molecule has 1 aliphatic rings. The van der Waals surface area contributed by atoms with Gasteiger partial charge >= 0.3 is 0 Å². The van der Waals surface area contributed by atoms with Crippen molar-refractivity contribution in [2.24, 2.45) is 22.9 Å². The molecule has 3 rings (SSSR count). The van der Waals surface area contributed by atoms with E-state index in [0.717, 1.165) is 16.7 Å². The molecule has 46 heavy (non-hydrogen) atoms. The number of nitrogens with one attached hydrogen (secondary N) is 4. The largest absolute Gasteiger partial charge is 0.508 e. The summed E-state index contributed by atoms with van der Waals surface area (Å²) in [7, 11) is 0. The smallest absolute Gasteiger partial charge is 0.242 e. The highest BCUT2D eigenvalue weighted by Crippen LogP contribution is 2.28. The second-order valence-electron chi connectivity index (χ2n) is 11.7. The summed E-state index contributed by atoms with van der Waals surface area (Å²) < 4.78 is 0. The Morgan fingerprint density at radius 1 is 0.935 bits per heavy atom. The fourth-order valence-electron chi connectivity index (χ4n) is 5.18. The number of benzene rings is 2. The quantitative estimate of drug-likeness (QED) is 0.118. The summed E-state index contributed by atoms with van der Waals surface area (Å²) in [5.74, 6) is -1.89. The zero-order valence-electron chi connectivity index (χ0n) is 26.0. The molecule has 1 unspecified atom stereocenters. The molecule has 14 nitrogen and oxygen atoms in total. The van der Waals surface area contributed by atoms with E-state index in [9.17, 15) is 29.4 Å². The molecule has 0 aliphatic carbocycles. The van der Waals surface area contributed by atoms with Gasteiger partial charge < -0.3 is 54.4 Å². The van der Waals surface area contributed by atoms with Crippen molar-refractivity contribution in [1.29, 1.82) is 0 Å². The lowest BCUT2D eigenvalue weighted by molar-refractivity contribution is -0.130. The summed E-state index contributed by atoms with van der Waals surface area (Å²) in [4.78, 5) is 51.7. The number of carbonyl (C=O) groups is 4. The molecule has 0 saturated heterocycles. The number of nitrogens with two attached hydrogens (primary N) is 4. The monoisotopic (exact) mass is 640 g/mol. The Labute approximate surface area is 269 Å². The number of hydrogen-bond acceptors (Lipinski definition) is 10. The van der Waals surface area contributed by atoms with Crippen molar-refractivity contribution in [3.8, 4) is 16.9 Å². The van der Waals surface area contributed by atoms with Crippen molar-refractivity contribution in [2.45, 2.75) is 75.2 Å². The highest BCUT2D eigenvalue weighted by molar-refractivity contribution is 5.90. The molecular weight excluding hydrogens is 592 g/mol. The fraction of sp³-hybridized carbons (Fsp3) is 0.500. The van der Waals surface area contributed by atoms with Gasteiger partial charge in [-0.3, -0.25) is 19.2 Å². The summed E-state index contributed by atoms with van der Waals surface area (Å²) in [6, 6.07) is 9.28. The number of phenols is 1. The average molecular weight is 641 g/mol. The van der Waals surface area contributed by atoms with Crippen LogP contribution in [0.25, 0.3) is 11.1 Å². The van der Waals surface area contributed by atoms with Crippen molar-refractivity contribution in [3.63, 3.8) is 0 Å². The van der Waals surface area contributed by atoms with Crippen LogP contribution in [-0.4, -0.2) is 90.3 Å². The normalized spacial score (nSPS) is 19.9. The fourth-order valence-corrected chi connectivity index (χ4v) is 5.18. The molecule has 4 amide bonds. The molecule has 0 aromatic heterocycles. The summed E-state index contributed by atoms with van der Waals surface area (Å²) in [5.41, 5.74) is 26.1. The van der Waals surface area contributed by atoms with E-state index in [1.54, 1.807) is 18.2 Å². The van der Waals surface area contributed by atoms with Crippen molar-refractivity contribution in [3.05, 3.63) is 53.6 Å². The van der Waals surface area contributed by atoms with Crippen molar-refractivity contribution >= 4 is 23.6 Å². The molecule has 0 spiro atoms. The third-order valence-electron chi connectivity index (χ3n) is 7.81. The standard InChI is InChI=1S/C32H48N8O6/c33-10-2-6-25(35)30(44)38-18-24(41)17-37-29(43)16-23-13-19-4-1-5-20(12-19)21-8-9-28(42)22(14-21)15-26(36)31(45)40-27(7-3-11-34)32(46)39-23/h1,4-5,8-9,12,14,23-27,41-42H,2-3,6-7,10-11,13,15-18,33-36H2,(H,37,43)(H,38,44)(H,39,46)(H,40,45)/t23-,24?,25-,26-,27-/m0/s1. The first-order valence-electron chi connectivity index (χ1n) is 15.7. The second kappa shape index (κ2) is 18.2. The number of hydrogen-bond donors (Lipinski definition) is 10. The molecule has 5 atom stereocenters. The SMILES string of the molecule is NCCC[C@@H]1NC(=O)[C@@H](N)Cc2cc(ccc2O)-c2cccc(c2)C[C@@H](CC(=O)NCC(O)CNC(=O)[C@@H](N)CCCN)NC1=O. The molecule has 4 bridgehead atoms.